The van der Waals surface area contributed by atoms with E-state index in [0.29, 0.717) is 11.3 Å². The Morgan fingerprint density at radius 1 is 1.21 bits per heavy atom. The van der Waals surface area contributed by atoms with Crippen molar-refractivity contribution in [2.75, 3.05) is 5.32 Å². The van der Waals surface area contributed by atoms with Gasteiger partial charge in [-0.05, 0) is 29.8 Å². The van der Waals surface area contributed by atoms with Gasteiger partial charge < -0.3 is 10.4 Å². The van der Waals surface area contributed by atoms with Crippen LogP contribution in [0.15, 0.2) is 42.5 Å². The molecular weight excluding hydrogens is 269 g/mol. The SMILES string of the molecule is O=C(Cc1ccc(F)cc1)Nc1ccc(Cl)c(O)c1. The highest BCUT2D eigenvalue weighted by Crippen LogP contribution is 2.26. The maximum Gasteiger partial charge on any atom is 0.228 e. The molecule has 0 aliphatic rings. The number of anilines is 1. The summed E-state index contributed by atoms with van der Waals surface area (Å²) in [5.41, 5.74) is 1.16. The van der Waals surface area contributed by atoms with E-state index in [-0.39, 0.29) is 28.9 Å². The van der Waals surface area contributed by atoms with Gasteiger partial charge in [0.15, 0.2) is 0 Å². The van der Waals surface area contributed by atoms with Crippen LogP contribution < -0.4 is 5.32 Å². The number of phenols is 1. The molecule has 19 heavy (non-hydrogen) atoms. The predicted molar refractivity (Wildman–Crippen MR) is 71.9 cm³/mol. The van der Waals surface area contributed by atoms with E-state index in [1.165, 1.54) is 24.3 Å². The lowest BCUT2D eigenvalue weighted by Crippen LogP contribution is -2.14. The van der Waals surface area contributed by atoms with E-state index in [9.17, 15) is 14.3 Å². The Bertz CT molecular complexity index is 599. The second-order valence-electron chi connectivity index (χ2n) is 4.02. The van der Waals surface area contributed by atoms with Gasteiger partial charge in [0.05, 0.1) is 11.4 Å². The number of aromatic hydroxyl groups is 1. The summed E-state index contributed by atoms with van der Waals surface area (Å²) in [6.45, 7) is 0. The number of hydrogen-bond donors (Lipinski definition) is 2. The monoisotopic (exact) mass is 279 g/mol. The molecule has 2 aromatic rings. The van der Waals surface area contributed by atoms with Crippen LogP contribution in [-0.4, -0.2) is 11.0 Å². The van der Waals surface area contributed by atoms with Crippen molar-refractivity contribution in [1.82, 2.24) is 0 Å². The topological polar surface area (TPSA) is 49.3 Å². The molecule has 0 heterocycles. The van der Waals surface area contributed by atoms with Gasteiger partial charge in [0.1, 0.15) is 11.6 Å². The van der Waals surface area contributed by atoms with Crippen LogP contribution in [0.1, 0.15) is 5.56 Å². The van der Waals surface area contributed by atoms with Gasteiger partial charge in [-0.3, -0.25) is 4.79 Å². The van der Waals surface area contributed by atoms with Gasteiger partial charge in [0.25, 0.3) is 0 Å². The highest BCUT2D eigenvalue weighted by atomic mass is 35.5. The van der Waals surface area contributed by atoms with E-state index < -0.39 is 0 Å². The maximum absolute atomic E-state index is 12.7. The van der Waals surface area contributed by atoms with E-state index in [1.807, 2.05) is 0 Å². The second kappa shape index (κ2) is 5.71. The van der Waals surface area contributed by atoms with Gasteiger partial charge in [0, 0.05) is 11.8 Å². The van der Waals surface area contributed by atoms with Crippen LogP contribution in [0.4, 0.5) is 10.1 Å². The third kappa shape index (κ3) is 3.69. The first kappa shape index (κ1) is 13.4. The standard InChI is InChI=1S/C14H11ClFNO2/c15-12-6-5-11(8-13(12)18)17-14(19)7-9-1-3-10(16)4-2-9/h1-6,8,18H,7H2,(H,17,19). The molecule has 0 atom stereocenters. The second-order valence-corrected chi connectivity index (χ2v) is 4.42. The van der Waals surface area contributed by atoms with E-state index in [2.05, 4.69) is 5.32 Å². The molecule has 98 valence electrons. The minimum absolute atomic E-state index is 0.0961. The van der Waals surface area contributed by atoms with Crippen molar-refractivity contribution in [3.8, 4) is 5.75 Å². The molecule has 0 unspecified atom stereocenters. The lowest BCUT2D eigenvalue weighted by atomic mass is 10.1. The quantitative estimate of drug-likeness (QED) is 0.905. The Morgan fingerprint density at radius 3 is 2.53 bits per heavy atom. The highest BCUT2D eigenvalue weighted by Gasteiger charge is 2.06. The number of phenolic OH excluding ortho intramolecular Hbond substituents is 1. The number of amides is 1. The summed E-state index contributed by atoms with van der Waals surface area (Å²) in [6, 6.07) is 10.1. The van der Waals surface area contributed by atoms with Crippen molar-refractivity contribution in [2.45, 2.75) is 6.42 Å². The molecule has 0 radical (unpaired) electrons. The molecule has 0 aromatic heterocycles. The number of hydrogen-bond acceptors (Lipinski definition) is 2. The fraction of sp³-hybridized carbons (Fsp3) is 0.0714. The third-order valence-corrected chi connectivity index (χ3v) is 2.83. The molecule has 5 heteroatoms. The zero-order valence-corrected chi connectivity index (χ0v) is 10.6. The van der Waals surface area contributed by atoms with Crippen LogP contribution >= 0.6 is 11.6 Å². The first-order valence-corrected chi connectivity index (χ1v) is 5.95. The van der Waals surface area contributed by atoms with E-state index in [4.69, 9.17) is 11.6 Å². The molecule has 2 N–H and O–H groups in total. The van der Waals surface area contributed by atoms with Crippen LogP contribution in [0, 0.1) is 5.82 Å². The first-order chi connectivity index (χ1) is 9.04. The molecule has 0 saturated heterocycles. The molecule has 0 bridgehead atoms. The maximum atomic E-state index is 12.7. The predicted octanol–water partition coefficient (Wildman–Crippen LogP) is 3.37. The summed E-state index contributed by atoms with van der Waals surface area (Å²) in [4.78, 5) is 11.7. The Labute approximate surface area is 114 Å². The Morgan fingerprint density at radius 2 is 1.89 bits per heavy atom. The van der Waals surface area contributed by atoms with Crippen LogP contribution in [0.5, 0.6) is 5.75 Å². The largest absolute Gasteiger partial charge is 0.506 e. The molecule has 2 aromatic carbocycles. The van der Waals surface area contributed by atoms with Crippen molar-refractivity contribution < 1.29 is 14.3 Å². The smallest absolute Gasteiger partial charge is 0.228 e. The fourth-order valence-corrected chi connectivity index (χ4v) is 1.70. The minimum Gasteiger partial charge on any atom is -0.506 e. The van der Waals surface area contributed by atoms with Crippen LogP contribution in [0.2, 0.25) is 5.02 Å². The van der Waals surface area contributed by atoms with Gasteiger partial charge in [-0.15, -0.1) is 0 Å². The van der Waals surface area contributed by atoms with Gasteiger partial charge in [-0.2, -0.15) is 0 Å². The van der Waals surface area contributed by atoms with Crippen molar-refractivity contribution in [2.24, 2.45) is 0 Å². The van der Waals surface area contributed by atoms with Crippen molar-refractivity contribution in [3.05, 3.63) is 58.9 Å². The summed E-state index contributed by atoms with van der Waals surface area (Å²) in [5, 5.41) is 12.2. The van der Waals surface area contributed by atoms with Gasteiger partial charge >= 0.3 is 0 Å². The van der Waals surface area contributed by atoms with Gasteiger partial charge in [-0.25, -0.2) is 4.39 Å². The number of halogens is 2. The summed E-state index contributed by atoms with van der Waals surface area (Å²) in [5.74, 6) is -0.693. The van der Waals surface area contributed by atoms with Crippen LogP contribution in [-0.2, 0) is 11.2 Å². The first-order valence-electron chi connectivity index (χ1n) is 5.57. The highest BCUT2D eigenvalue weighted by molar-refractivity contribution is 6.32. The van der Waals surface area contributed by atoms with Crippen molar-refractivity contribution >= 4 is 23.2 Å². The molecule has 0 spiro atoms. The Balaban J connectivity index is 2.01. The zero-order valence-electron chi connectivity index (χ0n) is 9.86. The number of nitrogens with one attached hydrogen (secondary N) is 1. The number of carbonyl (C=O) groups is 1. The summed E-state index contributed by atoms with van der Waals surface area (Å²) in [6.07, 6.45) is 0.129. The van der Waals surface area contributed by atoms with E-state index in [0.717, 1.165) is 0 Å². The summed E-state index contributed by atoms with van der Waals surface area (Å²) < 4.78 is 12.7. The molecule has 2 rings (SSSR count). The molecule has 0 aliphatic heterocycles. The van der Waals surface area contributed by atoms with Crippen molar-refractivity contribution in [3.63, 3.8) is 0 Å². The third-order valence-electron chi connectivity index (χ3n) is 2.51. The molecule has 0 saturated carbocycles. The zero-order chi connectivity index (χ0) is 13.8. The van der Waals surface area contributed by atoms with E-state index in [1.54, 1.807) is 18.2 Å². The average molecular weight is 280 g/mol. The molecule has 1 amide bonds. The lowest BCUT2D eigenvalue weighted by molar-refractivity contribution is -0.115. The Kier molecular flexibility index (Phi) is 4.02. The Hall–Kier alpha value is -2.07. The lowest BCUT2D eigenvalue weighted by Gasteiger charge is -2.06. The fourth-order valence-electron chi connectivity index (χ4n) is 1.58. The van der Waals surface area contributed by atoms with Crippen LogP contribution in [0.3, 0.4) is 0 Å². The molecule has 3 nitrogen and oxygen atoms in total. The summed E-state index contributed by atoms with van der Waals surface area (Å²) >= 11 is 5.66. The number of benzene rings is 2. The molecule has 0 fully saturated rings. The van der Waals surface area contributed by atoms with Gasteiger partial charge in [-0.1, -0.05) is 23.7 Å². The average Bonchev–Trinajstić information content (AvgIpc) is 2.37. The minimum atomic E-state index is -0.341. The summed E-state index contributed by atoms with van der Waals surface area (Å²) in [7, 11) is 0. The normalized spacial score (nSPS) is 10.2. The number of carbonyl (C=O) groups excluding carboxylic acids is 1. The van der Waals surface area contributed by atoms with Gasteiger partial charge in [0.2, 0.25) is 5.91 Å². The molecule has 0 aliphatic carbocycles. The number of rotatable bonds is 3. The van der Waals surface area contributed by atoms with E-state index >= 15 is 0 Å². The van der Waals surface area contributed by atoms with Crippen LogP contribution in [0.25, 0.3) is 0 Å². The van der Waals surface area contributed by atoms with Crippen molar-refractivity contribution in [1.29, 1.82) is 0 Å². The molecular formula is C14H11ClFNO2.